The van der Waals surface area contributed by atoms with Crippen LogP contribution in [-0.2, 0) is 6.54 Å². The number of carbonyl (C=O) groups is 1. The molecule has 0 atom stereocenters. The Morgan fingerprint density at radius 2 is 2.20 bits per heavy atom. The van der Waals surface area contributed by atoms with Crippen LogP contribution < -0.4 is 10.6 Å². The molecule has 0 unspecified atom stereocenters. The normalized spacial score (nSPS) is 10.3. The number of aromatic nitrogens is 1. The summed E-state index contributed by atoms with van der Waals surface area (Å²) in [7, 11) is 0. The first-order chi connectivity index (χ1) is 9.60. The minimum Gasteiger partial charge on any atom is -0.370 e. The van der Waals surface area contributed by atoms with E-state index in [2.05, 4.69) is 31.5 Å². The highest BCUT2D eigenvalue weighted by molar-refractivity contribution is 9.11. The number of halogens is 2. The van der Waals surface area contributed by atoms with Crippen molar-refractivity contribution in [2.75, 3.05) is 11.9 Å². The molecule has 0 aliphatic carbocycles. The number of hydrogen-bond donors (Lipinski definition) is 2. The molecule has 0 radical (unpaired) electrons. The Labute approximate surface area is 134 Å². The van der Waals surface area contributed by atoms with E-state index >= 15 is 0 Å². The zero-order chi connectivity index (χ0) is 14.5. The second kappa shape index (κ2) is 7.06. The summed E-state index contributed by atoms with van der Waals surface area (Å²) >= 11 is 11.0. The molecule has 0 aliphatic heterocycles. The first-order valence-corrected chi connectivity index (χ1v) is 8.01. The molecule has 0 aliphatic rings. The van der Waals surface area contributed by atoms with Crippen LogP contribution in [0.15, 0.2) is 28.1 Å². The zero-order valence-corrected chi connectivity index (χ0v) is 13.9. The standard InChI is InChI=1S/C13H13BrClN3OS/c1-2-16-11-6-4-9(15)12(18-11)13(19)17-7-8-3-5-10(14)20-8/h3-6H,2,7H2,1H3,(H,16,18)(H,17,19). The number of carbonyl (C=O) groups excluding carboxylic acids is 1. The quantitative estimate of drug-likeness (QED) is 0.834. The van der Waals surface area contributed by atoms with Crippen LogP contribution in [0.4, 0.5) is 5.82 Å². The molecular weight excluding hydrogens is 362 g/mol. The fraction of sp³-hybridized carbons (Fsp3) is 0.231. The van der Waals surface area contributed by atoms with Crippen LogP contribution in [0.1, 0.15) is 22.3 Å². The molecule has 0 bridgehead atoms. The maximum atomic E-state index is 12.1. The van der Waals surface area contributed by atoms with Gasteiger partial charge in [-0.3, -0.25) is 4.79 Å². The van der Waals surface area contributed by atoms with Crippen molar-refractivity contribution < 1.29 is 4.79 Å². The third kappa shape index (κ3) is 3.94. The third-order valence-electron chi connectivity index (χ3n) is 2.47. The smallest absolute Gasteiger partial charge is 0.271 e. The van der Waals surface area contributed by atoms with E-state index in [1.54, 1.807) is 23.5 Å². The van der Waals surface area contributed by atoms with Crippen LogP contribution in [0, 0.1) is 0 Å². The minimum absolute atomic E-state index is 0.237. The maximum Gasteiger partial charge on any atom is 0.271 e. The average Bonchev–Trinajstić information content (AvgIpc) is 2.84. The summed E-state index contributed by atoms with van der Waals surface area (Å²) in [6, 6.07) is 7.32. The van der Waals surface area contributed by atoms with E-state index in [9.17, 15) is 4.79 Å². The highest BCUT2D eigenvalue weighted by Crippen LogP contribution is 2.22. The number of amides is 1. The highest BCUT2D eigenvalue weighted by Gasteiger charge is 2.13. The van der Waals surface area contributed by atoms with Crippen LogP contribution >= 0.6 is 38.9 Å². The van der Waals surface area contributed by atoms with Crippen LogP contribution in [0.5, 0.6) is 0 Å². The van der Waals surface area contributed by atoms with Gasteiger partial charge in [-0.1, -0.05) is 11.6 Å². The lowest BCUT2D eigenvalue weighted by Crippen LogP contribution is -2.24. The number of thiophene rings is 1. The minimum atomic E-state index is -0.278. The second-order valence-corrected chi connectivity index (χ2v) is 6.90. The first-order valence-electron chi connectivity index (χ1n) is 6.03. The first kappa shape index (κ1) is 15.3. The Morgan fingerprint density at radius 1 is 1.40 bits per heavy atom. The lowest BCUT2D eigenvalue weighted by Gasteiger charge is -2.08. The highest BCUT2D eigenvalue weighted by atomic mass is 79.9. The van der Waals surface area contributed by atoms with Crippen LogP contribution in [0.25, 0.3) is 0 Å². The Balaban J connectivity index is 2.06. The number of hydrogen-bond acceptors (Lipinski definition) is 4. The lowest BCUT2D eigenvalue weighted by molar-refractivity contribution is 0.0946. The molecule has 0 fully saturated rings. The largest absolute Gasteiger partial charge is 0.370 e. The van der Waals surface area contributed by atoms with Gasteiger partial charge in [0, 0.05) is 11.4 Å². The summed E-state index contributed by atoms with van der Waals surface area (Å²) in [4.78, 5) is 17.4. The van der Waals surface area contributed by atoms with Gasteiger partial charge < -0.3 is 10.6 Å². The number of pyridine rings is 1. The van der Waals surface area contributed by atoms with Gasteiger partial charge in [-0.05, 0) is 47.1 Å². The SMILES string of the molecule is CCNc1ccc(Cl)c(C(=O)NCc2ccc(Br)s2)n1. The number of nitrogens with one attached hydrogen (secondary N) is 2. The summed E-state index contributed by atoms with van der Waals surface area (Å²) in [6.07, 6.45) is 0. The average molecular weight is 375 g/mol. The zero-order valence-electron chi connectivity index (χ0n) is 10.7. The van der Waals surface area contributed by atoms with Gasteiger partial charge in [0.15, 0.2) is 0 Å². The molecule has 2 aromatic heterocycles. The van der Waals surface area contributed by atoms with Crippen molar-refractivity contribution in [1.82, 2.24) is 10.3 Å². The predicted molar refractivity (Wildman–Crippen MR) is 86.6 cm³/mol. The van der Waals surface area contributed by atoms with Crippen molar-refractivity contribution in [3.05, 3.63) is 43.6 Å². The van der Waals surface area contributed by atoms with Gasteiger partial charge >= 0.3 is 0 Å². The summed E-state index contributed by atoms with van der Waals surface area (Å²) in [5, 5.41) is 6.21. The van der Waals surface area contributed by atoms with Crippen molar-refractivity contribution in [2.24, 2.45) is 0 Å². The molecule has 0 saturated heterocycles. The van der Waals surface area contributed by atoms with Crippen molar-refractivity contribution in [2.45, 2.75) is 13.5 Å². The molecule has 0 aromatic carbocycles. The van der Waals surface area contributed by atoms with Gasteiger partial charge in [-0.15, -0.1) is 11.3 Å². The maximum absolute atomic E-state index is 12.1. The van der Waals surface area contributed by atoms with E-state index in [0.29, 0.717) is 17.4 Å². The fourth-order valence-electron chi connectivity index (χ4n) is 1.58. The summed E-state index contributed by atoms with van der Waals surface area (Å²) < 4.78 is 1.03. The van der Waals surface area contributed by atoms with Gasteiger partial charge in [-0.2, -0.15) is 0 Å². The van der Waals surface area contributed by atoms with Gasteiger partial charge in [0.05, 0.1) is 15.4 Å². The molecule has 2 aromatic rings. The Bertz CT molecular complexity index is 617. The molecule has 2 N–H and O–H groups in total. The van der Waals surface area contributed by atoms with E-state index in [0.717, 1.165) is 15.2 Å². The molecule has 20 heavy (non-hydrogen) atoms. The topological polar surface area (TPSA) is 54.0 Å². The Hall–Kier alpha value is -1.11. The number of anilines is 1. The van der Waals surface area contributed by atoms with Gasteiger partial charge in [0.1, 0.15) is 11.5 Å². The van der Waals surface area contributed by atoms with Crippen molar-refractivity contribution in [3.63, 3.8) is 0 Å². The molecule has 1 amide bonds. The van der Waals surface area contributed by atoms with E-state index in [1.807, 2.05) is 19.1 Å². The molecule has 0 saturated carbocycles. The number of rotatable bonds is 5. The molecule has 106 valence electrons. The molecule has 4 nitrogen and oxygen atoms in total. The van der Waals surface area contributed by atoms with Gasteiger partial charge in [0.2, 0.25) is 0 Å². The van der Waals surface area contributed by atoms with E-state index < -0.39 is 0 Å². The molecule has 7 heteroatoms. The molecule has 2 heterocycles. The van der Waals surface area contributed by atoms with Crippen LogP contribution in [0.2, 0.25) is 5.02 Å². The van der Waals surface area contributed by atoms with Crippen LogP contribution in [0.3, 0.4) is 0 Å². The van der Waals surface area contributed by atoms with E-state index in [4.69, 9.17) is 11.6 Å². The summed E-state index contributed by atoms with van der Waals surface area (Å²) in [5.41, 5.74) is 0.237. The van der Waals surface area contributed by atoms with E-state index in [1.165, 1.54) is 0 Å². The molecule has 2 rings (SSSR count). The second-order valence-electron chi connectivity index (χ2n) is 3.95. The summed E-state index contributed by atoms with van der Waals surface area (Å²) in [6.45, 7) is 3.15. The Kier molecular flexibility index (Phi) is 5.39. The van der Waals surface area contributed by atoms with Crippen molar-refractivity contribution >= 4 is 50.6 Å². The number of nitrogens with zero attached hydrogens (tertiary/aromatic N) is 1. The molecule has 0 spiro atoms. The van der Waals surface area contributed by atoms with E-state index in [-0.39, 0.29) is 11.6 Å². The Morgan fingerprint density at radius 3 is 2.85 bits per heavy atom. The predicted octanol–water partition coefficient (Wildman–Crippen LogP) is 3.92. The van der Waals surface area contributed by atoms with Crippen LogP contribution in [-0.4, -0.2) is 17.4 Å². The van der Waals surface area contributed by atoms with Crippen molar-refractivity contribution in [3.8, 4) is 0 Å². The van der Waals surface area contributed by atoms with Gasteiger partial charge in [0.25, 0.3) is 5.91 Å². The lowest BCUT2D eigenvalue weighted by atomic mass is 10.3. The summed E-state index contributed by atoms with van der Waals surface area (Å²) in [5.74, 6) is 0.361. The fourth-order valence-corrected chi connectivity index (χ4v) is 3.19. The molecular formula is C13H13BrClN3OS. The van der Waals surface area contributed by atoms with Crippen molar-refractivity contribution in [1.29, 1.82) is 0 Å². The van der Waals surface area contributed by atoms with Gasteiger partial charge in [-0.25, -0.2) is 4.98 Å². The monoisotopic (exact) mass is 373 g/mol. The third-order valence-corrected chi connectivity index (χ3v) is 4.40.